The van der Waals surface area contributed by atoms with Crippen LogP contribution in [0.1, 0.15) is 10.8 Å². The smallest absolute Gasteiger partial charge is 0.242 e. The average molecular weight is 594 g/mol. The molecule has 3 N–H and O–H groups in total. The van der Waals surface area contributed by atoms with Gasteiger partial charge in [0.05, 0.1) is 37.7 Å². The van der Waals surface area contributed by atoms with Crippen LogP contribution >= 0.6 is 35.6 Å². The fourth-order valence-corrected chi connectivity index (χ4v) is 5.42. The molecular formula is C30H28ClN3O4S2. The molecule has 0 spiro atoms. The number of amides is 1. The molecule has 0 aliphatic heterocycles. The van der Waals surface area contributed by atoms with E-state index in [2.05, 4.69) is 16.0 Å². The van der Waals surface area contributed by atoms with Crippen LogP contribution in [0.4, 0.5) is 17.1 Å². The number of hydrogen-bond acceptors (Lipinski definition) is 6. The number of carbonyl (C=O) groups excluding carboxylic acids is 1. The molecular weight excluding hydrogens is 566 g/mol. The Labute approximate surface area is 248 Å². The highest BCUT2D eigenvalue weighted by molar-refractivity contribution is 8.00. The van der Waals surface area contributed by atoms with Gasteiger partial charge in [0.15, 0.2) is 5.11 Å². The zero-order valence-electron chi connectivity index (χ0n) is 22.1. The van der Waals surface area contributed by atoms with Crippen molar-refractivity contribution in [3.8, 4) is 17.2 Å². The van der Waals surface area contributed by atoms with Crippen molar-refractivity contribution in [2.24, 2.45) is 0 Å². The Bertz CT molecular complexity index is 1490. The van der Waals surface area contributed by atoms with Crippen LogP contribution in [-0.2, 0) is 4.79 Å². The van der Waals surface area contributed by atoms with E-state index >= 15 is 0 Å². The van der Waals surface area contributed by atoms with Crippen molar-refractivity contribution in [3.63, 3.8) is 0 Å². The van der Waals surface area contributed by atoms with E-state index in [-0.39, 0.29) is 5.91 Å². The van der Waals surface area contributed by atoms with Gasteiger partial charge in [0.1, 0.15) is 22.5 Å². The zero-order chi connectivity index (χ0) is 28.5. The Hall–Kier alpha value is -3.92. The summed E-state index contributed by atoms with van der Waals surface area (Å²) in [5.41, 5.74) is 2.81. The van der Waals surface area contributed by atoms with Crippen LogP contribution in [0.2, 0.25) is 5.02 Å². The lowest BCUT2D eigenvalue weighted by Gasteiger charge is -2.19. The van der Waals surface area contributed by atoms with Gasteiger partial charge in [0, 0.05) is 16.6 Å². The van der Waals surface area contributed by atoms with E-state index in [4.69, 9.17) is 38.0 Å². The van der Waals surface area contributed by atoms with Crippen LogP contribution < -0.4 is 30.2 Å². The fraction of sp³-hybridized carbons (Fsp3) is 0.133. The van der Waals surface area contributed by atoms with Gasteiger partial charge < -0.3 is 30.2 Å². The molecule has 0 aromatic heterocycles. The second kappa shape index (κ2) is 13.9. The molecule has 1 unspecified atom stereocenters. The maximum atomic E-state index is 13.7. The van der Waals surface area contributed by atoms with Gasteiger partial charge in [-0.25, -0.2) is 0 Å². The van der Waals surface area contributed by atoms with Gasteiger partial charge in [-0.15, -0.1) is 11.8 Å². The lowest BCUT2D eigenvalue weighted by atomic mass is 10.1. The summed E-state index contributed by atoms with van der Waals surface area (Å²) in [5, 5.41) is 9.54. The molecule has 0 aliphatic carbocycles. The first kappa shape index (κ1) is 29.1. The summed E-state index contributed by atoms with van der Waals surface area (Å²) in [7, 11) is 4.65. The number of nitrogens with one attached hydrogen (secondary N) is 3. The number of methoxy groups -OCH3 is 3. The van der Waals surface area contributed by atoms with Crippen molar-refractivity contribution in [3.05, 3.63) is 102 Å². The maximum Gasteiger partial charge on any atom is 0.242 e. The average Bonchev–Trinajstić information content (AvgIpc) is 2.97. The van der Waals surface area contributed by atoms with Crippen LogP contribution in [0.5, 0.6) is 17.2 Å². The molecule has 10 heteroatoms. The minimum absolute atomic E-state index is 0.234. The van der Waals surface area contributed by atoms with E-state index in [1.54, 1.807) is 19.2 Å². The largest absolute Gasteiger partial charge is 0.495 e. The zero-order valence-corrected chi connectivity index (χ0v) is 24.5. The lowest BCUT2D eigenvalue weighted by molar-refractivity contribution is -0.115. The number of rotatable bonds is 10. The highest BCUT2D eigenvalue weighted by atomic mass is 35.5. The molecule has 4 aromatic rings. The Morgan fingerprint density at radius 1 is 0.750 bits per heavy atom. The van der Waals surface area contributed by atoms with Crippen molar-refractivity contribution in [2.45, 2.75) is 10.1 Å². The molecule has 0 aliphatic rings. The summed E-state index contributed by atoms with van der Waals surface area (Å²) < 4.78 is 16.1. The number of benzene rings is 4. The number of halogens is 1. The quantitative estimate of drug-likeness (QED) is 0.128. The number of carbonyl (C=O) groups is 1. The third-order valence-corrected chi connectivity index (χ3v) is 7.52. The highest BCUT2D eigenvalue weighted by Gasteiger charge is 2.24. The predicted octanol–water partition coefficient (Wildman–Crippen LogP) is 7.65. The molecule has 40 heavy (non-hydrogen) atoms. The molecule has 4 rings (SSSR count). The lowest BCUT2D eigenvalue weighted by Crippen LogP contribution is -2.20. The van der Waals surface area contributed by atoms with Gasteiger partial charge >= 0.3 is 0 Å². The molecule has 0 saturated carbocycles. The molecule has 0 radical (unpaired) electrons. The first-order valence-electron chi connectivity index (χ1n) is 12.2. The minimum atomic E-state index is -0.569. The van der Waals surface area contributed by atoms with Crippen molar-refractivity contribution in [1.29, 1.82) is 0 Å². The number of anilines is 3. The standard InChI is InChI=1S/C30H28ClN3O4S2/c1-36-25-15-8-7-14-23(25)34-30(39)32-20-12-9-13-21(16-20)40-28(19-10-5-4-6-11-19)29(35)33-24-17-22(31)26(37-2)18-27(24)38-3/h4-18,28H,1-3H3,(H,33,35)(H2,32,34,39). The van der Waals surface area contributed by atoms with E-state index in [0.717, 1.165) is 21.8 Å². The van der Waals surface area contributed by atoms with E-state index in [1.807, 2.05) is 78.9 Å². The van der Waals surface area contributed by atoms with Crippen molar-refractivity contribution < 1.29 is 19.0 Å². The van der Waals surface area contributed by atoms with Crippen molar-refractivity contribution in [2.75, 3.05) is 37.3 Å². The Balaban J connectivity index is 1.54. The monoisotopic (exact) mass is 593 g/mol. The first-order chi connectivity index (χ1) is 19.4. The molecule has 0 fully saturated rings. The third-order valence-electron chi connectivity index (χ3n) is 5.77. The summed E-state index contributed by atoms with van der Waals surface area (Å²) in [6.07, 6.45) is 0. The summed E-state index contributed by atoms with van der Waals surface area (Å²) in [4.78, 5) is 14.5. The molecule has 7 nitrogen and oxygen atoms in total. The van der Waals surface area contributed by atoms with Gasteiger partial charge in [0.2, 0.25) is 5.91 Å². The topological polar surface area (TPSA) is 80.9 Å². The first-order valence-corrected chi connectivity index (χ1v) is 13.8. The summed E-state index contributed by atoms with van der Waals surface area (Å²) in [5.74, 6) is 1.34. The van der Waals surface area contributed by atoms with E-state index in [0.29, 0.717) is 33.1 Å². The van der Waals surface area contributed by atoms with Gasteiger partial charge in [0.25, 0.3) is 0 Å². The Morgan fingerprint density at radius 2 is 1.45 bits per heavy atom. The van der Waals surface area contributed by atoms with Gasteiger partial charge in [-0.2, -0.15) is 0 Å². The number of thioether (sulfide) groups is 1. The molecule has 206 valence electrons. The van der Waals surface area contributed by atoms with Gasteiger partial charge in [-0.05, 0) is 54.2 Å². The SMILES string of the molecule is COc1cc(OC)c(NC(=O)C(Sc2cccc(NC(=S)Nc3ccccc3OC)c2)c2ccccc2)cc1Cl. The molecule has 0 bridgehead atoms. The maximum absolute atomic E-state index is 13.7. The molecule has 1 atom stereocenters. The van der Waals surface area contributed by atoms with Crippen LogP contribution in [0.3, 0.4) is 0 Å². The molecule has 4 aromatic carbocycles. The molecule has 0 heterocycles. The summed E-state index contributed by atoms with van der Waals surface area (Å²) in [6.45, 7) is 0. The molecule has 1 amide bonds. The number of thiocarbonyl (C=S) groups is 1. The Morgan fingerprint density at radius 3 is 2.17 bits per heavy atom. The normalized spacial score (nSPS) is 11.2. The fourth-order valence-electron chi connectivity index (χ4n) is 3.87. The number of ether oxygens (including phenoxy) is 3. The number of para-hydroxylation sites is 2. The van der Waals surface area contributed by atoms with Gasteiger partial charge in [-0.3, -0.25) is 4.79 Å². The third kappa shape index (κ3) is 7.38. The van der Waals surface area contributed by atoms with E-state index < -0.39 is 5.25 Å². The Kier molecular flexibility index (Phi) is 10.1. The van der Waals surface area contributed by atoms with Crippen LogP contribution in [-0.4, -0.2) is 32.3 Å². The molecule has 0 saturated heterocycles. The number of hydrogen-bond donors (Lipinski definition) is 3. The van der Waals surface area contributed by atoms with Crippen LogP contribution in [0.25, 0.3) is 0 Å². The van der Waals surface area contributed by atoms with E-state index in [1.165, 1.54) is 26.0 Å². The van der Waals surface area contributed by atoms with Gasteiger partial charge in [-0.1, -0.05) is 60.1 Å². The van der Waals surface area contributed by atoms with Crippen molar-refractivity contribution >= 4 is 63.7 Å². The summed E-state index contributed by atoms with van der Waals surface area (Å²) in [6, 6.07) is 28.0. The minimum Gasteiger partial charge on any atom is -0.495 e. The van der Waals surface area contributed by atoms with Crippen molar-refractivity contribution in [1.82, 2.24) is 0 Å². The summed E-state index contributed by atoms with van der Waals surface area (Å²) >= 11 is 13.3. The second-order valence-corrected chi connectivity index (χ2v) is 10.4. The highest BCUT2D eigenvalue weighted by Crippen LogP contribution is 2.40. The predicted molar refractivity (Wildman–Crippen MR) is 168 cm³/mol. The second-order valence-electron chi connectivity index (χ2n) is 8.39. The van der Waals surface area contributed by atoms with Crippen LogP contribution in [0.15, 0.2) is 95.9 Å². The van der Waals surface area contributed by atoms with Crippen LogP contribution in [0, 0.1) is 0 Å². The van der Waals surface area contributed by atoms with E-state index in [9.17, 15) is 4.79 Å².